The van der Waals surface area contributed by atoms with E-state index >= 15 is 0 Å². The first-order chi connectivity index (χ1) is 8.75. The minimum absolute atomic E-state index is 0.706. The first-order valence-corrected chi connectivity index (χ1v) is 6.64. The van der Waals surface area contributed by atoms with Gasteiger partial charge in [-0.05, 0) is 38.7 Å². The molecule has 0 unspecified atom stereocenters. The fourth-order valence-electron chi connectivity index (χ4n) is 2.22. The van der Waals surface area contributed by atoms with Gasteiger partial charge in [-0.3, -0.25) is 4.90 Å². The molecule has 0 saturated carbocycles. The van der Waals surface area contributed by atoms with Crippen LogP contribution in [0.3, 0.4) is 0 Å². The predicted molar refractivity (Wildman–Crippen MR) is 74.9 cm³/mol. The molecular formula is C14H23N3O. The molecule has 2 N–H and O–H groups in total. The van der Waals surface area contributed by atoms with Crippen molar-refractivity contribution in [2.24, 2.45) is 0 Å². The Morgan fingerprint density at radius 2 is 2.00 bits per heavy atom. The lowest BCUT2D eigenvalue weighted by Gasteiger charge is -2.20. The van der Waals surface area contributed by atoms with Crippen LogP contribution >= 0.6 is 0 Å². The molecule has 1 fully saturated rings. The Kier molecular flexibility index (Phi) is 4.84. The maximum atomic E-state index is 5.84. The van der Waals surface area contributed by atoms with E-state index in [-0.39, 0.29) is 0 Å². The van der Waals surface area contributed by atoms with E-state index in [4.69, 9.17) is 10.5 Å². The Hall–Kier alpha value is -1.26. The van der Waals surface area contributed by atoms with Gasteiger partial charge in [0.05, 0.1) is 5.69 Å². The Labute approximate surface area is 109 Å². The van der Waals surface area contributed by atoms with E-state index < -0.39 is 0 Å². The van der Waals surface area contributed by atoms with Crippen LogP contribution in [0, 0.1) is 0 Å². The molecule has 100 valence electrons. The van der Waals surface area contributed by atoms with Gasteiger partial charge in [-0.15, -0.1) is 0 Å². The molecule has 2 rings (SSSR count). The first-order valence-electron chi connectivity index (χ1n) is 6.64. The van der Waals surface area contributed by atoms with Gasteiger partial charge < -0.3 is 15.4 Å². The van der Waals surface area contributed by atoms with Crippen LogP contribution in [0.2, 0.25) is 0 Å². The zero-order valence-electron chi connectivity index (χ0n) is 11.1. The first kappa shape index (κ1) is 13.2. The zero-order chi connectivity index (χ0) is 12.8. The minimum Gasteiger partial charge on any atom is -0.490 e. The fourth-order valence-corrected chi connectivity index (χ4v) is 2.22. The van der Waals surface area contributed by atoms with Crippen molar-refractivity contribution in [3.05, 3.63) is 24.3 Å². The quantitative estimate of drug-likeness (QED) is 0.816. The lowest BCUT2D eigenvalue weighted by molar-refractivity contribution is 0.213. The highest BCUT2D eigenvalue weighted by atomic mass is 16.5. The molecule has 1 aromatic rings. The van der Waals surface area contributed by atoms with Gasteiger partial charge >= 0.3 is 0 Å². The maximum absolute atomic E-state index is 5.84. The highest BCUT2D eigenvalue weighted by molar-refractivity contribution is 5.51. The summed E-state index contributed by atoms with van der Waals surface area (Å²) in [6.45, 7) is 6.32. The van der Waals surface area contributed by atoms with E-state index in [0.29, 0.717) is 12.3 Å². The summed E-state index contributed by atoms with van der Waals surface area (Å²) in [4.78, 5) is 4.85. The smallest absolute Gasteiger partial charge is 0.142 e. The molecule has 0 aliphatic carbocycles. The zero-order valence-corrected chi connectivity index (χ0v) is 11.1. The molecule has 0 amide bonds. The van der Waals surface area contributed by atoms with Crippen molar-refractivity contribution in [1.82, 2.24) is 9.80 Å². The fraction of sp³-hybridized carbons (Fsp3) is 0.571. The van der Waals surface area contributed by atoms with E-state index in [9.17, 15) is 0 Å². The molecule has 18 heavy (non-hydrogen) atoms. The number of anilines is 1. The standard InChI is InChI=1S/C14H23N3O/c1-16-7-4-8-17(10-9-16)11-12-18-14-6-3-2-5-13(14)15/h2-3,5-6H,4,7-12,15H2,1H3. The summed E-state index contributed by atoms with van der Waals surface area (Å²) in [5, 5.41) is 0. The summed E-state index contributed by atoms with van der Waals surface area (Å²) in [6, 6.07) is 7.67. The third-order valence-electron chi connectivity index (χ3n) is 3.40. The maximum Gasteiger partial charge on any atom is 0.142 e. The molecule has 4 heteroatoms. The summed E-state index contributed by atoms with van der Waals surface area (Å²) in [6.07, 6.45) is 1.24. The Bertz CT molecular complexity index is 370. The van der Waals surface area contributed by atoms with Crippen molar-refractivity contribution in [3.63, 3.8) is 0 Å². The molecule has 0 radical (unpaired) electrons. The molecule has 0 atom stereocenters. The van der Waals surface area contributed by atoms with Crippen LogP contribution in [0.25, 0.3) is 0 Å². The highest BCUT2D eigenvalue weighted by Crippen LogP contribution is 2.19. The molecule has 0 aromatic heterocycles. The van der Waals surface area contributed by atoms with Crippen LogP contribution in [-0.4, -0.2) is 56.2 Å². The summed E-state index contributed by atoms with van der Waals surface area (Å²) < 4.78 is 5.73. The number of benzene rings is 1. The van der Waals surface area contributed by atoms with Crippen molar-refractivity contribution in [2.75, 3.05) is 52.1 Å². The van der Waals surface area contributed by atoms with Crippen molar-refractivity contribution in [3.8, 4) is 5.75 Å². The van der Waals surface area contributed by atoms with E-state index in [0.717, 1.165) is 31.9 Å². The number of likely N-dealkylation sites (N-methyl/N-ethyl adjacent to an activating group) is 1. The average molecular weight is 249 g/mol. The molecule has 1 aliphatic heterocycles. The van der Waals surface area contributed by atoms with Gasteiger partial charge in [-0.1, -0.05) is 12.1 Å². The number of nitrogen functional groups attached to an aromatic ring is 1. The van der Waals surface area contributed by atoms with Gasteiger partial charge in [-0.25, -0.2) is 0 Å². The molecule has 1 aliphatic rings. The number of nitrogens with zero attached hydrogens (tertiary/aromatic N) is 2. The van der Waals surface area contributed by atoms with E-state index in [1.54, 1.807) is 0 Å². The number of ether oxygens (including phenoxy) is 1. The SMILES string of the molecule is CN1CCCN(CCOc2ccccc2N)CC1. The van der Waals surface area contributed by atoms with Crippen molar-refractivity contribution in [2.45, 2.75) is 6.42 Å². The summed E-state index contributed by atoms with van der Waals surface area (Å²) in [5.74, 6) is 0.796. The molecule has 1 saturated heterocycles. The molecular weight excluding hydrogens is 226 g/mol. The lowest BCUT2D eigenvalue weighted by Crippen LogP contribution is -2.32. The summed E-state index contributed by atoms with van der Waals surface area (Å²) in [5.41, 5.74) is 6.55. The normalized spacial score (nSPS) is 18.5. The predicted octanol–water partition coefficient (Wildman–Crippen LogP) is 1.29. The third-order valence-corrected chi connectivity index (χ3v) is 3.40. The Morgan fingerprint density at radius 1 is 1.17 bits per heavy atom. The molecule has 0 spiro atoms. The topological polar surface area (TPSA) is 41.7 Å². The second kappa shape index (κ2) is 6.61. The van der Waals surface area contributed by atoms with Crippen LogP contribution in [0.5, 0.6) is 5.75 Å². The Balaban J connectivity index is 1.73. The molecule has 0 bridgehead atoms. The Morgan fingerprint density at radius 3 is 2.83 bits per heavy atom. The molecule has 1 heterocycles. The van der Waals surface area contributed by atoms with Gasteiger partial charge in [0.15, 0.2) is 0 Å². The van der Waals surface area contributed by atoms with Gasteiger partial charge in [0, 0.05) is 19.6 Å². The van der Waals surface area contributed by atoms with Crippen LogP contribution in [-0.2, 0) is 0 Å². The van der Waals surface area contributed by atoms with Crippen LogP contribution < -0.4 is 10.5 Å². The number of hydrogen-bond donors (Lipinski definition) is 1. The number of rotatable bonds is 4. The second-order valence-electron chi connectivity index (χ2n) is 4.88. The largest absolute Gasteiger partial charge is 0.490 e. The average Bonchev–Trinajstić information content (AvgIpc) is 2.57. The third kappa shape index (κ3) is 3.89. The molecule has 4 nitrogen and oxygen atoms in total. The van der Waals surface area contributed by atoms with Crippen LogP contribution in [0.4, 0.5) is 5.69 Å². The van der Waals surface area contributed by atoms with Gasteiger partial charge in [0.2, 0.25) is 0 Å². The monoisotopic (exact) mass is 249 g/mol. The van der Waals surface area contributed by atoms with E-state index in [2.05, 4.69) is 16.8 Å². The van der Waals surface area contributed by atoms with Gasteiger partial charge in [0.1, 0.15) is 12.4 Å². The van der Waals surface area contributed by atoms with Crippen LogP contribution in [0.1, 0.15) is 6.42 Å². The van der Waals surface area contributed by atoms with Gasteiger partial charge in [-0.2, -0.15) is 0 Å². The minimum atomic E-state index is 0.706. The molecule has 1 aromatic carbocycles. The summed E-state index contributed by atoms with van der Waals surface area (Å²) >= 11 is 0. The number of nitrogens with two attached hydrogens (primary N) is 1. The highest BCUT2D eigenvalue weighted by Gasteiger charge is 2.11. The number of para-hydroxylation sites is 2. The van der Waals surface area contributed by atoms with Crippen molar-refractivity contribution in [1.29, 1.82) is 0 Å². The number of hydrogen-bond acceptors (Lipinski definition) is 4. The van der Waals surface area contributed by atoms with Crippen molar-refractivity contribution >= 4 is 5.69 Å². The van der Waals surface area contributed by atoms with E-state index in [1.807, 2.05) is 24.3 Å². The van der Waals surface area contributed by atoms with E-state index in [1.165, 1.54) is 13.0 Å². The summed E-state index contributed by atoms with van der Waals surface area (Å²) in [7, 11) is 2.19. The lowest BCUT2D eigenvalue weighted by atomic mass is 10.3. The van der Waals surface area contributed by atoms with Gasteiger partial charge in [0.25, 0.3) is 0 Å². The van der Waals surface area contributed by atoms with Crippen molar-refractivity contribution < 1.29 is 4.74 Å². The second-order valence-corrected chi connectivity index (χ2v) is 4.88. The van der Waals surface area contributed by atoms with Crippen LogP contribution in [0.15, 0.2) is 24.3 Å².